The lowest BCUT2D eigenvalue weighted by Crippen LogP contribution is -2.52. The summed E-state index contributed by atoms with van der Waals surface area (Å²) >= 11 is 0. The third-order valence-electron chi connectivity index (χ3n) is 4.44. The Kier molecular flexibility index (Phi) is 4.15. The fourth-order valence-corrected chi connectivity index (χ4v) is 2.94. The van der Waals surface area contributed by atoms with Crippen molar-refractivity contribution < 1.29 is 9.59 Å². The van der Waals surface area contributed by atoms with Crippen LogP contribution in [0, 0.1) is 0 Å². The van der Waals surface area contributed by atoms with E-state index in [9.17, 15) is 9.59 Å². The van der Waals surface area contributed by atoms with Crippen molar-refractivity contribution in [1.29, 1.82) is 0 Å². The van der Waals surface area contributed by atoms with Gasteiger partial charge in [-0.15, -0.1) is 0 Å². The molecule has 0 aliphatic heterocycles. The SMILES string of the molecule is CC(=O)c1ccc(NC(=O)NC2(c3ccccc3)CCC2)cc1. The number of benzene rings is 2. The molecule has 3 rings (SSSR count). The largest absolute Gasteiger partial charge is 0.328 e. The molecule has 4 nitrogen and oxygen atoms in total. The summed E-state index contributed by atoms with van der Waals surface area (Å²) in [7, 11) is 0. The van der Waals surface area contributed by atoms with Crippen LogP contribution in [-0.2, 0) is 5.54 Å². The van der Waals surface area contributed by atoms with Crippen molar-refractivity contribution >= 4 is 17.5 Å². The summed E-state index contributed by atoms with van der Waals surface area (Å²) in [5, 5.41) is 5.96. The first-order chi connectivity index (χ1) is 11.1. The number of nitrogens with one attached hydrogen (secondary N) is 2. The summed E-state index contributed by atoms with van der Waals surface area (Å²) in [6.07, 6.45) is 3.02. The quantitative estimate of drug-likeness (QED) is 0.836. The van der Waals surface area contributed by atoms with Crippen LogP contribution in [0.15, 0.2) is 54.6 Å². The van der Waals surface area contributed by atoms with Crippen LogP contribution in [0.4, 0.5) is 10.5 Å². The summed E-state index contributed by atoms with van der Waals surface area (Å²) in [4.78, 5) is 23.6. The molecule has 0 saturated heterocycles. The van der Waals surface area contributed by atoms with Gasteiger partial charge < -0.3 is 10.6 Å². The van der Waals surface area contributed by atoms with E-state index in [4.69, 9.17) is 0 Å². The topological polar surface area (TPSA) is 58.2 Å². The molecule has 1 aliphatic rings. The molecule has 0 atom stereocenters. The Balaban J connectivity index is 1.68. The van der Waals surface area contributed by atoms with Crippen LogP contribution in [0.2, 0.25) is 0 Å². The number of Topliss-reactive ketones (excluding diaryl/α,β-unsaturated/α-hetero) is 1. The highest BCUT2D eigenvalue weighted by molar-refractivity contribution is 5.95. The lowest BCUT2D eigenvalue weighted by Gasteiger charge is -2.43. The van der Waals surface area contributed by atoms with E-state index in [2.05, 4.69) is 22.8 Å². The van der Waals surface area contributed by atoms with Crippen molar-refractivity contribution in [3.05, 3.63) is 65.7 Å². The van der Waals surface area contributed by atoms with E-state index in [1.807, 2.05) is 18.2 Å². The molecule has 118 valence electrons. The number of ketones is 1. The zero-order valence-electron chi connectivity index (χ0n) is 13.1. The minimum Gasteiger partial charge on any atom is -0.328 e. The van der Waals surface area contributed by atoms with Crippen LogP contribution in [0.25, 0.3) is 0 Å². The molecule has 0 bridgehead atoms. The smallest absolute Gasteiger partial charge is 0.319 e. The Morgan fingerprint density at radius 1 is 0.957 bits per heavy atom. The summed E-state index contributed by atoms with van der Waals surface area (Å²) < 4.78 is 0. The van der Waals surface area contributed by atoms with Crippen LogP contribution in [0.3, 0.4) is 0 Å². The molecule has 23 heavy (non-hydrogen) atoms. The zero-order chi connectivity index (χ0) is 16.3. The predicted octanol–water partition coefficient (Wildman–Crippen LogP) is 4.09. The van der Waals surface area contributed by atoms with Crippen LogP contribution in [0.5, 0.6) is 0 Å². The highest BCUT2D eigenvalue weighted by Crippen LogP contribution is 2.41. The van der Waals surface area contributed by atoms with Gasteiger partial charge >= 0.3 is 6.03 Å². The van der Waals surface area contributed by atoms with Crippen molar-refractivity contribution in [1.82, 2.24) is 5.32 Å². The third-order valence-corrected chi connectivity index (χ3v) is 4.44. The molecule has 2 aromatic rings. The molecule has 0 radical (unpaired) electrons. The van der Waals surface area contributed by atoms with Crippen molar-refractivity contribution in [2.75, 3.05) is 5.32 Å². The minimum absolute atomic E-state index is 0.0125. The number of carbonyl (C=O) groups is 2. The molecule has 2 aromatic carbocycles. The maximum absolute atomic E-state index is 12.3. The van der Waals surface area contributed by atoms with E-state index >= 15 is 0 Å². The number of urea groups is 1. The van der Waals surface area contributed by atoms with E-state index in [-0.39, 0.29) is 17.4 Å². The molecule has 1 aliphatic carbocycles. The molecular weight excluding hydrogens is 288 g/mol. The molecule has 2 amide bonds. The van der Waals surface area contributed by atoms with E-state index in [1.54, 1.807) is 24.3 Å². The van der Waals surface area contributed by atoms with Crippen LogP contribution >= 0.6 is 0 Å². The first kappa shape index (κ1) is 15.3. The number of hydrogen-bond donors (Lipinski definition) is 2. The van der Waals surface area contributed by atoms with Gasteiger partial charge in [0.1, 0.15) is 0 Å². The summed E-state index contributed by atoms with van der Waals surface area (Å²) in [6, 6.07) is 16.8. The highest BCUT2D eigenvalue weighted by atomic mass is 16.2. The van der Waals surface area contributed by atoms with Crippen molar-refractivity contribution in [3.8, 4) is 0 Å². The second kappa shape index (κ2) is 6.24. The number of rotatable bonds is 4. The first-order valence-electron chi connectivity index (χ1n) is 7.85. The molecule has 1 saturated carbocycles. The average molecular weight is 308 g/mol. The Bertz CT molecular complexity index is 704. The maximum Gasteiger partial charge on any atom is 0.319 e. The van der Waals surface area contributed by atoms with E-state index in [0.29, 0.717) is 11.3 Å². The van der Waals surface area contributed by atoms with E-state index in [0.717, 1.165) is 24.8 Å². The summed E-state index contributed by atoms with van der Waals surface area (Å²) in [5.74, 6) is 0.0125. The van der Waals surface area contributed by atoms with Gasteiger partial charge in [0.2, 0.25) is 0 Å². The number of hydrogen-bond acceptors (Lipinski definition) is 2. The molecular formula is C19H20N2O2. The zero-order valence-corrected chi connectivity index (χ0v) is 13.1. The minimum atomic E-state index is -0.259. The van der Waals surface area contributed by atoms with Crippen LogP contribution < -0.4 is 10.6 Å². The lowest BCUT2D eigenvalue weighted by molar-refractivity contribution is 0.101. The molecule has 2 N–H and O–H groups in total. The van der Waals surface area contributed by atoms with Crippen LogP contribution in [-0.4, -0.2) is 11.8 Å². The summed E-state index contributed by atoms with van der Waals surface area (Å²) in [5.41, 5.74) is 2.20. The van der Waals surface area contributed by atoms with Gasteiger partial charge in [0.25, 0.3) is 0 Å². The molecule has 0 spiro atoms. The standard InChI is InChI=1S/C19H20N2O2/c1-14(22)15-8-10-17(11-9-15)20-18(23)21-19(12-5-13-19)16-6-3-2-4-7-16/h2-4,6-11H,5,12-13H2,1H3,(H2,20,21,23). The van der Waals surface area contributed by atoms with Crippen LogP contribution in [0.1, 0.15) is 42.1 Å². The van der Waals surface area contributed by atoms with Gasteiger partial charge in [-0.05, 0) is 56.0 Å². The number of anilines is 1. The monoisotopic (exact) mass is 308 g/mol. The lowest BCUT2D eigenvalue weighted by atomic mass is 9.72. The average Bonchev–Trinajstić information content (AvgIpc) is 2.52. The van der Waals surface area contributed by atoms with Crippen molar-refractivity contribution in [3.63, 3.8) is 0 Å². The van der Waals surface area contributed by atoms with E-state index in [1.165, 1.54) is 6.92 Å². The van der Waals surface area contributed by atoms with Gasteiger partial charge in [0, 0.05) is 11.3 Å². The van der Waals surface area contributed by atoms with Gasteiger partial charge in [-0.25, -0.2) is 4.79 Å². The molecule has 0 unspecified atom stereocenters. The van der Waals surface area contributed by atoms with Gasteiger partial charge in [-0.1, -0.05) is 30.3 Å². The maximum atomic E-state index is 12.3. The molecule has 4 heteroatoms. The van der Waals surface area contributed by atoms with Gasteiger partial charge in [-0.3, -0.25) is 4.79 Å². The molecule has 0 aromatic heterocycles. The third kappa shape index (κ3) is 3.26. The number of amides is 2. The predicted molar refractivity (Wildman–Crippen MR) is 90.6 cm³/mol. The molecule has 0 heterocycles. The first-order valence-corrected chi connectivity index (χ1v) is 7.85. The fourth-order valence-electron chi connectivity index (χ4n) is 2.94. The fraction of sp³-hybridized carbons (Fsp3) is 0.263. The second-order valence-electron chi connectivity index (χ2n) is 6.01. The van der Waals surface area contributed by atoms with Crippen molar-refractivity contribution in [2.24, 2.45) is 0 Å². The summed E-state index contributed by atoms with van der Waals surface area (Å²) in [6.45, 7) is 1.52. The van der Waals surface area contributed by atoms with Gasteiger partial charge in [-0.2, -0.15) is 0 Å². The normalized spacial score (nSPS) is 15.3. The molecule has 1 fully saturated rings. The Labute approximate surface area is 135 Å². The van der Waals surface area contributed by atoms with E-state index < -0.39 is 0 Å². The second-order valence-corrected chi connectivity index (χ2v) is 6.01. The van der Waals surface area contributed by atoms with Gasteiger partial charge in [0.15, 0.2) is 5.78 Å². The van der Waals surface area contributed by atoms with Gasteiger partial charge in [0.05, 0.1) is 5.54 Å². The number of carbonyl (C=O) groups excluding carboxylic acids is 2. The Hall–Kier alpha value is -2.62. The Morgan fingerprint density at radius 3 is 2.13 bits per heavy atom. The highest BCUT2D eigenvalue weighted by Gasteiger charge is 2.39. The van der Waals surface area contributed by atoms with Crippen molar-refractivity contribution in [2.45, 2.75) is 31.7 Å². The Morgan fingerprint density at radius 2 is 1.61 bits per heavy atom.